The number of anilines is 1. The molecule has 0 aliphatic carbocycles. The molecule has 0 radical (unpaired) electrons. The lowest BCUT2D eigenvalue weighted by molar-refractivity contribution is -0.0405. The maximum absolute atomic E-state index is 11.6. The molecule has 2 atom stereocenters. The Morgan fingerprint density at radius 2 is 2.32 bits per heavy atom. The van der Waals surface area contributed by atoms with Crippen molar-refractivity contribution in [1.29, 1.82) is 0 Å². The van der Waals surface area contributed by atoms with E-state index in [0.29, 0.717) is 31.8 Å². The van der Waals surface area contributed by atoms with Gasteiger partial charge in [0, 0.05) is 19.6 Å². The van der Waals surface area contributed by atoms with Crippen molar-refractivity contribution in [3.8, 4) is 0 Å². The molecule has 0 bridgehead atoms. The number of aliphatic hydroxyl groups excluding tert-OH is 1. The zero-order valence-electron chi connectivity index (χ0n) is 11.1. The fourth-order valence-electron chi connectivity index (χ4n) is 1.88. The number of urea groups is 1. The Bertz CT molecular complexity index is 427. The summed E-state index contributed by atoms with van der Waals surface area (Å²) in [6, 6.07) is -0.220. The minimum Gasteiger partial charge on any atom is -0.428 e. The molecular weight excluding hydrogens is 250 g/mol. The number of nitrogens with one attached hydrogen (secondary N) is 2. The smallest absolute Gasteiger partial charge is 0.322 e. The third kappa shape index (κ3) is 3.93. The molecule has 7 heteroatoms. The minimum absolute atomic E-state index is 0.150. The number of hydrogen-bond acceptors (Lipinski definition) is 5. The van der Waals surface area contributed by atoms with E-state index in [2.05, 4.69) is 15.6 Å². The maximum atomic E-state index is 11.6. The summed E-state index contributed by atoms with van der Waals surface area (Å²) < 4.78 is 10.7. The molecule has 19 heavy (non-hydrogen) atoms. The van der Waals surface area contributed by atoms with E-state index in [1.807, 2.05) is 0 Å². The van der Waals surface area contributed by atoms with Crippen molar-refractivity contribution >= 4 is 12.0 Å². The highest BCUT2D eigenvalue weighted by Gasteiger charge is 2.21. The highest BCUT2D eigenvalue weighted by Crippen LogP contribution is 2.14. The van der Waals surface area contributed by atoms with E-state index in [9.17, 15) is 9.90 Å². The maximum Gasteiger partial charge on any atom is 0.322 e. The van der Waals surface area contributed by atoms with Crippen molar-refractivity contribution in [3.05, 3.63) is 11.5 Å². The van der Waals surface area contributed by atoms with Crippen LogP contribution < -0.4 is 10.6 Å². The minimum atomic E-state index is -0.398. The van der Waals surface area contributed by atoms with Crippen LogP contribution in [0.2, 0.25) is 0 Å². The number of carbonyl (C=O) groups is 1. The van der Waals surface area contributed by atoms with Gasteiger partial charge < -0.3 is 19.6 Å². The number of aryl methyl sites for hydroxylation is 2. The Labute approximate surface area is 111 Å². The summed E-state index contributed by atoms with van der Waals surface area (Å²) in [5.41, 5.74) is 0.744. The number of ether oxygens (including phenoxy) is 1. The molecule has 0 spiro atoms. The second-order valence-corrected chi connectivity index (χ2v) is 4.67. The lowest BCUT2D eigenvalue weighted by Gasteiger charge is -2.26. The first-order valence-corrected chi connectivity index (χ1v) is 6.33. The average molecular weight is 269 g/mol. The van der Waals surface area contributed by atoms with Crippen LogP contribution in [0.1, 0.15) is 24.3 Å². The summed E-state index contributed by atoms with van der Waals surface area (Å²) in [7, 11) is 0. The Kier molecular flexibility index (Phi) is 4.39. The first kappa shape index (κ1) is 13.8. The van der Waals surface area contributed by atoms with E-state index in [0.717, 1.165) is 5.69 Å². The summed E-state index contributed by atoms with van der Waals surface area (Å²) in [6.07, 6.45) is 0.692. The van der Waals surface area contributed by atoms with Crippen molar-refractivity contribution in [3.63, 3.8) is 0 Å². The average Bonchev–Trinajstić information content (AvgIpc) is 2.66. The van der Waals surface area contributed by atoms with Gasteiger partial charge in [-0.3, -0.25) is 5.32 Å². The molecule has 1 saturated heterocycles. The predicted octanol–water partition coefficient (Wildman–Crippen LogP) is 0.953. The Hall–Kier alpha value is -1.60. The van der Waals surface area contributed by atoms with Crippen LogP contribution in [0.3, 0.4) is 0 Å². The lowest BCUT2D eigenvalue weighted by atomic mass is 10.1. The largest absolute Gasteiger partial charge is 0.428 e. The van der Waals surface area contributed by atoms with Gasteiger partial charge in [-0.1, -0.05) is 0 Å². The van der Waals surface area contributed by atoms with E-state index in [1.54, 1.807) is 13.8 Å². The molecular formula is C12H19N3O4. The summed E-state index contributed by atoms with van der Waals surface area (Å²) in [5, 5.41) is 14.7. The van der Waals surface area contributed by atoms with Crippen molar-refractivity contribution < 1.29 is 19.1 Å². The fourth-order valence-corrected chi connectivity index (χ4v) is 1.88. The van der Waals surface area contributed by atoms with Gasteiger partial charge in [0.15, 0.2) is 0 Å². The molecule has 2 rings (SSSR count). The molecule has 1 aliphatic heterocycles. The number of hydrogen-bond donors (Lipinski definition) is 3. The van der Waals surface area contributed by atoms with Crippen LogP contribution in [0.25, 0.3) is 0 Å². The third-order valence-electron chi connectivity index (χ3n) is 3.08. The quantitative estimate of drug-likeness (QED) is 0.759. The van der Waals surface area contributed by atoms with Crippen molar-refractivity contribution in [2.75, 3.05) is 18.5 Å². The van der Waals surface area contributed by atoms with E-state index in [4.69, 9.17) is 9.15 Å². The summed E-state index contributed by atoms with van der Waals surface area (Å²) in [5.74, 6) is 0.675. The number of amides is 2. The predicted molar refractivity (Wildman–Crippen MR) is 68.0 cm³/mol. The SMILES string of the molecule is Cc1nc(NC(=O)NC[C@@H]2C[C@H](O)CCO2)oc1C. The van der Waals surface area contributed by atoms with Gasteiger partial charge in [-0.2, -0.15) is 4.98 Å². The molecule has 3 N–H and O–H groups in total. The van der Waals surface area contributed by atoms with Crippen molar-refractivity contribution in [2.24, 2.45) is 0 Å². The van der Waals surface area contributed by atoms with Crippen LogP contribution >= 0.6 is 0 Å². The zero-order chi connectivity index (χ0) is 13.8. The van der Waals surface area contributed by atoms with E-state index in [1.165, 1.54) is 0 Å². The van der Waals surface area contributed by atoms with E-state index >= 15 is 0 Å². The number of aliphatic hydroxyl groups is 1. The summed E-state index contributed by atoms with van der Waals surface area (Å²) in [6.45, 7) is 4.46. The Morgan fingerprint density at radius 1 is 1.53 bits per heavy atom. The zero-order valence-corrected chi connectivity index (χ0v) is 11.1. The number of oxazole rings is 1. The molecule has 7 nitrogen and oxygen atoms in total. The van der Waals surface area contributed by atoms with Gasteiger partial charge in [0.1, 0.15) is 5.76 Å². The highest BCUT2D eigenvalue weighted by atomic mass is 16.5. The van der Waals surface area contributed by atoms with Crippen LogP contribution in [0, 0.1) is 13.8 Å². The molecule has 0 saturated carbocycles. The van der Waals surface area contributed by atoms with Crippen molar-refractivity contribution in [2.45, 2.75) is 38.9 Å². The number of carbonyl (C=O) groups excluding carboxylic acids is 1. The van der Waals surface area contributed by atoms with Crippen LogP contribution in [0.15, 0.2) is 4.42 Å². The molecule has 1 aliphatic rings. The standard InChI is InChI=1S/C12H19N3O4/c1-7-8(2)19-12(14-7)15-11(17)13-6-10-5-9(16)3-4-18-10/h9-10,16H,3-6H2,1-2H3,(H2,13,14,15,17)/t9-,10+/m1/s1. The second kappa shape index (κ2) is 6.03. The van der Waals surface area contributed by atoms with Gasteiger partial charge in [0.25, 0.3) is 0 Å². The monoisotopic (exact) mass is 269 g/mol. The van der Waals surface area contributed by atoms with Gasteiger partial charge in [-0.05, 0) is 20.3 Å². The van der Waals surface area contributed by atoms with Gasteiger partial charge in [0.2, 0.25) is 0 Å². The summed E-state index contributed by atoms with van der Waals surface area (Å²) in [4.78, 5) is 15.7. The van der Waals surface area contributed by atoms with Crippen molar-refractivity contribution in [1.82, 2.24) is 10.3 Å². The molecule has 1 aromatic heterocycles. The van der Waals surface area contributed by atoms with Gasteiger partial charge in [-0.25, -0.2) is 4.79 Å². The summed E-state index contributed by atoms with van der Waals surface area (Å²) >= 11 is 0. The normalized spacial score (nSPS) is 23.1. The van der Waals surface area contributed by atoms with Crippen LogP contribution in [0.5, 0.6) is 0 Å². The van der Waals surface area contributed by atoms with Gasteiger partial charge in [-0.15, -0.1) is 0 Å². The first-order chi connectivity index (χ1) is 9.04. The number of rotatable bonds is 3. The second-order valence-electron chi connectivity index (χ2n) is 4.67. The molecule has 1 fully saturated rings. The van der Waals surface area contributed by atoms with Crippen LogP contribution in [-0.4, -0.2) is 41.5 Å². The number of nitrogens with zero attached hydrogens (tertiary/aromatic N) is 1. The molecule has 0 aromatic carbocycles. The molecule has 2 heterocycles. The number of aromatic nitrogens is 1. The van der Waals surface area contributed by atoms with Crippen LogP contribution in [-0.2, 0) is 4.74 Å². The lowest BCUT2D eigenvalue weighted by Crippen LogP contribution is -2.40. The van der Waals surface area contributed by atoms with Crippen LogP contribution in [0.4, 0.5) is 10.8 Å². The topological polar surface area (TPSA) is 96.6 Å². The van der Waals surface area contributed by atoms with Gasteiger partial charge in [0.05, 0.1) is 17.9 Å². The third-order valence-corrected chi connectivity index (χ3v) is 3.08. The Balaban J connectivity index is 1.75. The molecule has 106 valence electrons. The highest BCUT2D eigenvalue weighted by molar-refractivity contribution is 5.86. The molecule has 1 aromatic rings. The fraction of sp³-hybridized carbons (Fsp3) is 0.667. The molecule has 2 amide bonds. The molecule has 0 unspecified atom stereocenters. The Morgan fingerprint density at radius 3 is 2.95 bits per heavy atom. The van der Waals surface area contributed by atoms with E-state index in [-0.39, 0.29) is 18.2 Å². The van der Waals surface area contributed by atoms with Gasteiger partial charge >= 0.3 is 12.0 Å². The van der Waals surface area contributed by atoms with E-state index < -0.39 is 6.03 Å². The first-order valence-electron chi connectivity index (χ1n) is 6.33.